The van der Waals surface area contributed by atoms with Crippen molar-refractivity contribution in [2.75, 3.05) is 38.2 Å². The molecule has 0 aromatic carbocycles. The molecule has 2 rings (SSSR count). The zero-order valence-corrected chi connectivity index (χ0v) is 12.4. The first-order valence-electron chi connectivity index (χ1n) is 6.86. The fourth-order valence-electron chi connectivity index (χ4n) is 2.38. The molecule has 0 amide bonds. The Morgan fingerprint density at radius 1 is 1.21 bits per heavy atom. The molecule has 0 spiro atoms. The number of rotatable bonds is 4. The Kier molecular flexibility index (Phi) is 4.37. The molecule has 0 unspecified atom stereocenters. The molecule has 1 aliphatic rings. The highest BCUT2D eigenvalue weighted by molar-refractivity contribution is 5.28. The number of anilines is 1. The van der Waals surface area contributed by atoms with E-state index in [2.05, 4.69) is 34.0 Å². The second kappa shape index (κ2) is 5.84. The summed E-state index contributed by atoms with van der Waals surface area (Å²) in [5, 5.41) is 3.36. The highest BCUT2D eigenvalue weighted by Gasteiger charge is 2.28. The van der Waals surface area contributed by atoms with E-state index in [0.29, 0.717) is 0 Å². The monoisotopic (exact) mass is 264 g/mol. The third-order valence-corrected chi connectivity index (χ3v) is 3.53. The number of aromatic nitrogens is 2. The summed E-state index contributed by atoms with van der Waals surface area (Å²) in [5.41, 5.74) is 2.07. The lowest BCUT2D eigenvalue weighted by atomic mass is 10.0. The van der Waals surface area contributed by atoms with Crippen molar-refractivity contribution in [3.63, 3.8) is 0 Å². The molecule has 0 radical (unpaired) electrons. The second-order valence-electron chi connectivity index (χ2n) is 5.74. The van der Waals surface area contributed by atoms with Crippen LogP contribution in [0.1, 0.15) is 25.2 Å². The number of hydrogen-bond acceptors (Lipinski definition) is 5. The van der Waals surface area contributed by atoms with E-state index in [-0.39, 0.29) is 5.54 Å². The molecule has 19 heavy (non-hydrogen) atoms. The summed E-state index contributed by atoms with van der Waals surface area (Å²) < 4.78 is 5.40. The lowest BCUT2D eigenvalue weighted by Gasteiger charge is -2.40. The van der Waals surface area contributed by atoms with E-state index in [4.69, 9.17) is 4.74 Å². The summed E-state index contributed by atoms with van der Waals surface area (Å²) in [6, 6.07) is 1.98. The van der Waals surface area contributed by atoms with Gasteiger partial charge in [0.25, 0.3) is 0 Å². The van der Waals surface area contributed by atoms with E-state index < -0.39 is 0 Å². The third kappa shape index (κ3) is 3.88. The van der Waals surface area contributed by atoms with E-state index >= 15 is 0 Å². The van der Waals surface area contributed by atoms with Gasteiger partial charge in [0, 0.05) is 36.6 Å². The van der Waals surface area contributed by atoms with Crippen LogP contribution in [0.25, 0.3) is 0 Å². The molecule has 0 atom stereocenters. The fourth-order valence-corrected chi connectivity index (χ4v) is 2.38. The van der Waals surface area contributed by atoms with Crippen molar-refractivity contribution in [3.05, 3.63) is 17.5 Å². The maximum atomic E-state index is 5.40. The number of morpholine rings is 1. The third-order valence-electron chi connectivity index (χ3n) is 3.53. The van der Waals surface area contributed by atoms with Crippen molar-refractivity contribution in [1.29, 1.82) is 0 Å². The van der Waals surface area contributed by atoms with Gasteiger partial charge in [-0.3, -0.25) is 4.90 Å². The number of nitrogens with one attached hydrogen (secondary N) is 1. The topological polar surface area (TPSA) is 50.3 Å². The Morgan fingerprint density at radius 3 is 2.37 bits per heavy atom. The molecule has 106 valence electrons. The van der Waals surface area contributed by atoms with Crippen LogP contribution < -0.4 is 5.32 Å². The van der Waals surface area contributed by atoms with Crippen molar-refractivity contribution in [3.8, 4) is 0 Å². The maximum Gasteiger partial charge on any atom is 0.223 e. The summed E-state index contributed by atoms with van der Waals surface area (Å²) in [6.07, 6.45) is 0. The quantitative estimate of drug-likeness (QED) is 0.895. The van der Waals surface area contributed by atoms with E-state index in [1.54, 1.807) is 0 Å². The maximum absolute atomic E-state index is 5.40. The Hall–Kier alpha value is -1.20. The van der Waals surface area contributed by atoms with Crippen LogP contribution in [-0.4, -0.2) is 53.3 Å². The van der Waals surface area contributed by atoms with Crippen LogP contribution in [0.15, 0.2) is 6.07 Å². The average molecular weight is 264 g/mol. The molecule has 1 aromatic heterocycles. The molecule has 1 aromatic rings. The molecule has 1 fully saturated rings. The molecular weight excluding hydrogens is 240 g/mol. The van der Waals surface area contributed by atoms with Gasteiger partial charge in [-0.05, 0) is 33.8 Å². The Morgan fingerprint density at radius 2 is 1.79 bits per heavy atom. The summed E-state index contributed by atoms with van der Waals surface area (Å²) in [7, 11) is 0. The second-order valence-corrected chi connectivity index (χ2v) is 5.74. The molecule has 2 heterocycles. The van der Waals surface area contributed by atoms with E-state index in [0.717, 1.165) is 50.2 Å². The van der Waals surface area contributed by atoms with Gasteiger partial charge in [0.2, 0.25) is 5.95 Å². The molecule has 1 N–H and O–H groups in total. The highest BCUT2D eigenvalue weighted by atomic mass is 16.5. The predicted octanol–water partition coefficient (Wildman–Crippen LogP) is 1.62. The van der Waals surface area contributed by atoms with Crippen LogP contribution >= 0.6 is 0 Å². The van der Waals surface area contributed by atoms with Gasteiger partial charge in [-0.2, -0.15) is 0 Å². The normalized spacial score (nSPS) is 17.5. The summed E-state index contributed by atoms with van der Waals surface area (Å²) >= 11 is 0. The van der Waals surface area contributed by atoms with Crippen molar-refractivity contribution >= 4 is 5.95 Å². The van der Waals surface area contributed by atoms with E-state index in [1.165, 1.54) is 0 Å². The smallest absolute Gasteiger partial charge is 0.223 e. The Labute approximate surface area is 115 Å². The molecule has 0 aliphatic carbocycles. The van der Waals surface area contributed by atoms with Crippen molar-refractivity contribution < 1.29 is 4.74 Å². The van der Waals surface area contributed by atoms with Crippen LogP contribution in [0, 0.1) is 13.8 Å². The van der Waals surface area contributed by atoms with Crippen LogP contribution in [0.3, 0.4) is 0 Å². The van der Waals surface area contributed by atoms with Crippen molar-refractivity contribution in [2.45, 2.75) is 33.2 Å². The van der Waals surface area contributed by atoms with Crippen LogP contribution in [0.4, 0.5) is 5.95 Å². The van der Waals surface area contributed by atoms with Crippen molar-refractivity contribution in [2.24, 2.45) is 0 Å². The molecule has 0 saturated carbocycles. The highest BCUT2D eigenvalue weighted by Crippen LogP contribution is 2.16. The van der Waals surface area contributed by atoms with Gasteiger partial charge in [0.1, 0.15) is 0 Å². The first-order valence-corrected chi connectivity index (χ1v) is 6.86. The van der Waals surface area contributed by atoms with Gasteiger partial charge in [-0.25, -0.2) is 9.97 Å². The Balaban J connectivity index is 1.96. The minimum atomic E-state index is 0.0742. The zero-order chi connectivity index (χ0) is 13.9. The molecule has 0 bridgehead atoms. The summed E-state index contributed by atoms with van der Waals surface area (Å²) in [6.45, 7) is 12.9. The first kappa shape index (κ1) is 14.2. The number of nitrogens with zero attached hydrogens (tertiary/aromatic N) is 3. The van der Waals surface area contributed by atoms with Gasteiger partial charge in [0.05, 0.1) is 13.2 Å². The summed E-state index contributed by atoms with van der Waals surface area (Å²) in [4.78, 5) is 11.3. The number of hydrogen-bond donors (Lipinski definition) is 1. The van der Waals surface area contributed by atoms with Gasteiger partial charge < -0.3 is 10.1 Å². The van der Waals surface area contributed by atoms with Gasteiger partial charge in [-0.1, -0.05) is 0 Å². The predicted molar refractivity (Wildman–Crippen MR) is 76.5 cm³/mol. The standard InChI is InChI=1S/C14H24N4O/c1-11-9-12(2)17-13(16-11)15-10-14(3,4)18-5-7-19-8-6-18/h9H,5-8,10H2,1-4H3,(H,15,16,17). The van der Waals surface area contributed by atoms with E-state index in [9.17, 15) is 0 Å². The fraction of sp³-hybridized carbons (Fsp3) is 0.714. The summed E-state index contributed by atoms with van der Waals surface area (Å²) in [5.74, 6) is 0.721. The Bertz CT molecular complexity index is 407. The average Bonchev–Trinajstić information content (AvgIpc) is 2.37. The lowest BCUT2D eigenvalue weighted by Crippen LogP contribution is -2.53. The number of ether oxygens (including phenoxy) is 1. The largest absolute Gasteiger partial charge is 0.379 e. The van der Waals surface area contributed by atoms with Gasteiger partial charge in [-0.15, -0.1) is 0 Å². The molecule has 5 heteroatoms. The number of aryl methyl sites for hydroxylation is 2. The minimum absolute atomic E-state index is 0.0742. The first-order chi connectivity index (χ1) is 8.97. The van der Waals surface area contributed by atoms with E-state index in [1.807, 2.05) is 19.9 Å². The lowest BCUT2D eigenvalue weighted by molar-refractivity contribution is -0.00572. The van der Waals surface area contributed by atoms with Gasteiger partial charge >= 0.3 is 0 Å². The van der Waals surface area contributed by atoms with Crippen LogP contribution in [-0.2, 0) is 4.74 Å². The van der Waals surface area contributed by atoms with Crippen LogP contribution in [0.2, 0.25) is 0 Å². The van der Waals surface area contributed by atoms with Crippen LogP contribution in [0.5, 0.6) is 0 Å². The minimum Gasteiger partial charge on any atom is -0.379 e. The molecule has 1 saturated heterocycles. The molecule has 1 aliphatic heterocycles. The molecular formula is C14H24N4O. The molecule has 5 nitrogen and oxygen atoms in total. The zero-order valence-electron chi connectivity index (χ0n) is 12.4. The van der Waals surface area contributed by atoms with Gasteiger partial charge in [0.15, 0.2) is 0 Å². The SMILES string of the molecule is Cc1cc(C)nc(NCC(C)(C)N2CCOCC2)n1. The van der Waals surface area contributed by atoms with Crippen molar-refractivity contribution in [1.82, 2.24) is 14.9 Å².